The van der Waals surface area contributed by atoms with Crippen LogP contribution in [0.25, 0.3) is 0 Å². The molecule has 2 fully saturated rings. The summed E-state index contributed by atoms with van der Waals surface area (Å²) in [6.07, 6.45) is -3.89. The van der Waals surface area contributed by atoms with E-state index in [1.807, 2.05) is 28.0 Å². The van der Waals surface area contributed by atoms with E-state index in [0.717, 1.165) is 37.0 Å². The fourth-order valence-electron chi connectivity index (χ4n) is 4.62. The zero-order chi connectivity index (χ0) is 26.4. The second-order valence-electron chi connectivity index (χ2n) is 9.25. The predicted molar refractivity (Wildman–Crippen MR) is 132 cm³/mol. The number of para-hydroxylation sites is 1. The van der Waals surface area contributed by atoms with Crippen LogP contribution in [-0.2, 0) is 15.8 Å². The van der Waals surface area contributed by atoms with Gasteiger partial charge in [0, 0.05) is 56.6 Å². The van der Waals surface area contributed by atoms with Gasteiger partial charge in [-0.25, -0.2) is 0 Å². The number of piperazine rings is 1. The lowest BCUT2D eigenvalue weighted by Gasteiger charge is -2.36. The second kappa shape index (κ2) is 11.6. The van der Waals surface area contributed by atoms with Crippen molar-refractivity contribution in [2.75, 3.05) is 57.3 Å². The van der Waals surface area contributed by atoms with Crippen molar-refractivity contribution in [3.8, 4) is 0 Å². The van der Waals surface area contributed by atoms with Crippen LogP contribution in [0.3, 0.4) is 0 Å². The summed E-state index contributed by atoms with van der Waals surface area (Å²) in [5, 5.41) is 5.18. The average molecular weight is 518 g/mol. The molecule has 3 amide bonds. The van der Waals surface area contributed by atoms with Gasteiger partial charge < -0.3 is 20.4 Å². The van der Waals surface area contributed by atoms with Crippen LogP contribution in [0.2, 0.25) is 0 Å². The fourth-order valence-corrected chi connectivity index (χ4v) is 4.62. The lowest BCUT2D eigenvalue weighted by molar-refractivity contribution is -0.137. The molecule has 2 heterocycles. The molecule has 2 aliphatic heterocycles. The van der Waals surface area contributed by atoms with E-state index in [-0.39, 0.29) is 30.6 Å². The highest BCUT2D eigenvalue weighted by Crippen LogP contribution is 2.29. The SMILES string of the molecule is O=C(CNC(=O)c1cccc(C(F)(F)F)c1)N[C@@H]1CCN(CC(=O)N2CCN(c3ccccc3)CC2)C1. The van der Waals surface area contributed by atoms with Crippen LogP contribution in [0, 0.1) is 0 Å². The van der Waals surface area contributed by atoms with Crippen molar-refractivity contribution in [1.29, 1.82) is 0 Å². The summed E-state index contributed by atoms with van der Waals surface area (Å²) in [5.41, 5.74) is 0.0554. The number of anilines is 1. The van der Waals surface area contributed by atoms with E-state index in [1.165, 1.54) is 6.07 Å². The van der Waals surface area contributed by atoms with Crippen LogP contribution in [0.15, 0.2) is 54.6 Å². The molecule has 2 N–H and O–H groups in total. The molecule has 2 aliphatic rings. The Balaban J connectivity index is 1.16. The number of alkyl halides is 3. The fraction of sp³-hybridized carbons (Fsp3) is 0.423. The van der Waals surface area contributed by atoms with Crippen molar-refractivity contribution >= 4 is 23.4 Å². The zero-order valence-corrected chi connectivity index (χ0v) is 20.3. The molecule has 4 rings (SSSR count). The number of nitrogens with zero attached hydrogens (tertiary/aromatic N) is 3. The molecular formula is C26H30F3N5O3. The Morgan fingerprint density at radius 3 is 2.35 bits per heavy atom. The monoisotopic (exact) mass is 517 g/mol. The van der Waals surface area contributed by atoms with Gasteiger partial charge in [0.1, 0.15) is 0 Å². The Bertz CT molecular complexity index is 1100. The zero-order valence-electron chi connectivity index (χ0n) is 20.3. The van der Waals surface area contributed by atoms with Crippen molar-refractivity contribution < 1.29 is 27.6 Å². The smallest absolute Gasteiger partial charge is 0.368 e. The molecule has 0 radical (unpaired) electrons. The Hall–Kier alpha value is -3.60. The molecule has 0 aliphatic carbocycles. The number of likely N-dealkylation sites (tertiary alicyclic amines) is 1. The van der Waals surface area contributed by atoms with Gasteiger partial charge in [0.15, 0.2) is 0 Å². The van der Waals surface area contributed by atoms with Gasteiger partial charge in [0.05, 0.1) is 18.7 Å². The standard InChI is InChI=1S/C26H30F3N5O3/c27-26(28,29)20-6-4-5-19(15-20)25(37)30-16-23(35)31-21-9-10-32(17-21)18-24(36)34-13-11-33(12-14-34)22-7-2-1-3-8-22/h1-8,15,21H,9-14,16-18H2,(H,30,37)(H,31,35)/t21-/m1/s1. The molecular weight excluding hydrogens is 487 g/mol. The van der Waals surface area contributed by atoms with Crippen LogP contribution in [-0.4, -0.2) is 85.9 Å². The van der Waals surface area contributed by atoms with Crippen molar-refractivity contribution in [3.63, 3.8) is 0 Å². The lowest BCUT2D eigenvalue weighted by Crippen LogP contribution is -2.51. The largest absolute Gasteiger partial charge is 0.416 e. The number of amides is 3. The molecule has 37 heavy (non-hydrogen) atoms. The number of rotatable bonds is 7. The van der Waals surface area contributed by atoms with E-state index < -0.39 is 23.6 Å². The molecule has 0 aromatic heterocycles. The molecule has 11 heteroatoms. The third kappa shape index (κ3) is 7.22. The first-order chi connectivity index (χ1) is 17.7. The number of halogens is 3. The minimum Gasteiger partial charge on any atom is -0.368 e. The quantitative estimate of drug-likeness (QED) is 0.587. The summed E-state index contributed by atoms with van der Waals surface area (Å²) in [7, 11) is 0. The minimum absolute atomic E-state index is 0.0630. The molecule has 2 aromatic carbocycles. The number of hydrogen-bond acceptors (Lipinski definition) is 5. The highest BCUT2D eigenvalue weighted by molar-refractivity contribution is 5.96. The topological polar surface area (TPSA) is 85.0 Å². The van der Waals surface area contributed by atoms with Crippen molar-refractivity contribution in [3.05, 3.63) is 65.7 Å². The van der Waals surface area contributed by atoms with E-state index in [2.05, 4.69) is 27.7 Å². The maximum atomic E-state index is 12.8. The number of nitrogens with one attached hydrogen (secondary N) is 2. The van der Waals surface area contributed by atoms with Crippen molar-refractivity contribution in [1.82, 2.24) is 20.4 Å². The van der Waals surface area contributed by atoms with Gasteiger partial charge in [0.25, 0.3) is 5.91 Å². The number of carbonyl (C=O) groups excluding carboxylic acids is 3. The van der Waals surface area contributed by atoms with Gasteiger partial charge in [-0.3, -0.25) is 19.3 Å². The van der Waals surface area contributed by atoms with E-state index in [1.54, 1.807) is 0 Å². The molecule has 198 valence electrons. The van der Waals surface area contributed by atoms with Gasteiger partial charge >= 0.3 is 6.18 Å². The lowest BCUT2D eigenvalue weighted by atomic mass is 10.1. The predicted octanol–water partition coefficient (Wildman–Crippen LogP) is 1.97. The van der Waals surface area contributed by atoms with Gasteiger partial charge in [-0.1, -0.05) is 24.3 Å². The van der Waals surface area contributed by atoms with Gasteiger partial charge in [-0.05, 0) is 36.8 Å². The maximum absolute atomic E-state index is 12.8. The molecule has 0 saturated carbocycles. The summed E-state index contributed by atoms with van der Waals surface area (Å²) < 4.78 is 38.5. The Morgan fingerprint density at radius 2 is 1.65 bits per heavy atom. The highest BCUT2D eigenvalue weighted by atomic mass is 19.4. The van der Waals surface area contributed by atoms with Crippen molar-refractivity contribution in [2.24, 2.45) is 0 Å². The molecule has 1 atom stereocenters. The Labute approximate surface area is 213 Å². The Morgan fingerprint density at radius 1 is 0.919 bits per heavy atom. The molecule has 2 saturated heterocycles. The molecule has 0 bridgehead atoms. The van der Waals surface area contributed by atoms with E-state index in [9.17, 15) is 27.6 Å². The van der Waals surface area contributed by atoms with Gasteiger partial charge in [0.2, 0.25) is 11.8 Å². The summed E-state index contributed by atoms with van der Waals surface area (Å²) in [6, 6.07) is 14.0. The van der Waals surface area contributed by atoms with Gasteiger partial charge in [-0.15, -0.1) is 0 Å². The van der Waals surface area contributed by atoms with Crippen LogP contribution in [0.1, 0.15) is 22.3 Å². The first-order valence-corrected chi connectivity index (χ1v) is 12.2. The van der Waals surface area contributed by atoms with Gasteiger partial charge in [-0.2, -0.15) is 13.2 Å². The third-order valence-electron chi connectivity index (χ3n) is 6.61. The molecule has 0 unspecified atom stereocenters. The summed E-state index contributed by atoms with van der Waals surface area (Å²) in [4.78, 5) is 43.4. The van der Waals surface area contributed by atoms with Crippen LogP contribution in [0.4, 0.5) is 18.9 Å². The molecule has 2 aromatic rings. The van der Waals surface area contributed by atoms with Crippen LogP contribution >= 0.6 is 0 Å². The number of benzene rings is 2. The first-order valence-electron chi connectivity index (χ1n) is 12.2. The average Bonchev–Trinajstić information content (AvgIpc) is 3.33. The van der Waals surface area contributed by atoms with E-state index in [0.29, 0.717) is 32.6 Å². The van der Waals surface area contributed by atoms with Crippen LogP contribution < -0.4 is 15.5 Å². The second-order valence-corrected chi connectivity index (χ2v) is 9.25. The summed E-state index contributed by atoms with van der Waals surface area (Å²) in [6.45, 7) is 3.99. The van der Waals surface area contributed by atoms with Crippen molar-refractivity contribution in [2.45, 2.75) is 18.6 Å². The number of carbonyl (C=O) groups is 3. The first kappa shape index (κ1) is 26.5. The summed E-state index contributed by atoms with van der Waals surface area (Å²) in [5.74, 6) is -1.13. The Kier molecular flexibility index (Phi) is 8.32. The van der Waals surface area contributed by atoms with Crippen LogP contribution in [0.5, 0.6) is 0 Å². The normalized spacial score (nSPS) is 18.5. The highest BCUT2D eigenvalue weighted by Gasteiger charge is 2.31. The summed E-state index contributed by atoms with van der Waals surface area (Å²) >= 11 is 0. The third-order valence-corrected chi connectivity index (χ3v) is 6.61. The van der Waals surface area contributed by atoms with E-state index in [4.69, 9.17) is 0 Å². The minimum atomic E-state index is -4.56. The maximum Gasteiger partial charge on any atom is 0.416 e. The van der Waals surface area contributed by atoms with E-state index >= 15 is 0 Å². The molecule has 0 spiro atoms. The molecule has 8 nitrogen and oxygen atoms in total. The number of hydrogen-bond donors (Lipinski definition) is 2.